The first-order valence-electron chi connectivity index (χ1n) is 10.1. The second-order valence-corrected chi connectivity index (χ2v) is 8.63. The monoisotopic (exact) mass is 485 g/mol. The Morgan fingerprint density at radius 3 is 2.47 bits per heavy atom. The molecule has 2 aromatic heterocycles. The van der Waals surface area contributed by atoms with E-state index in [0.717, 1.165) is 37.6 Å². The molecule has 2 heterocycles. The van der Waals surface area contributed by atoms with Crippen LogP contribution in [0.25, 0.3) is 27.6 Å². The molecule has 0 saturated heterocycles. The number of fused-ring (bicyclic) bond motifs is 3. The van der Waals surface area contributed by atoms with Crippen LogP contribution in [0.2, 0.25) is 0 Å². The maximum Gasteiger partial charge on any atom is 0.293 e. The minimum Gasteiger partial charge on any atom is -0.383 e. The van der Waals surface area contributed by atoms with Crippen molar-refractivity contribution < 1.29 is 4.79 Å². The van der Waals surface area contributed by atoms with E-state index in [1.54, 1.807) is 0 Å². The van der Waals surface area contributed by atoms with E-state index in [4.69, 9.17) is 5.73 Å². The van der Waals surface area contributed by atoms with Gasteiger partial charge in [-0.2, -0.15) is 0 Å². The van der Waals surface area contributed by atoms with E-state index in [1.807, 2.05) is 85.1 Å². The highest BCUT2D eigenvalue weighted by Crippen LogP contribution is 2.34. The molecule has 3 aromatic carbocycles. The summed E-state index contributed by atoms with van der Waals surface area (Å²) in [5.74, 6) is -0.115. The van der Waals surface area contributed by atoms with Gasteiger partial charge in [-0.05, 0) is 67.4 Å². The number of carbonyl (C=O) groups is 1. The summed E-state index contributed by atoms with van der Waals surface area (Å²) in [6.45, 7) is 4.03. The molecule has 0 saturated carbocycles. The molecule has 0 fully saturated rings. The van der Waals surface area contributed by atoms with Crippen LogP contribution < -0.4 is 11.1 Å². The van der Waals surface area contributed by atoms with Crippen LogP contribution in [0.3, 0.4) is 0 Å². The first kappa shape index (κ1) is 20.2. The molecule has 0 aliphatic rings. The number of nitrogens with zero attached hydrogens (tertiary/aromatic N) is 3. The number of para-hydroxylation sites is 1. The van der Waals surface area contributed by atoms with Gasteiger partial charge >= 0.3 is 0 Å². The van der Waals surface area contributed by atoms with E-state index in [2.05, 4.69) is 31.2 Å². The molecule has 0 unspecified atom stereocenters. The Bertz CT molecular complexity index is 1510. The number of hydrogen-bond donors (Lipinski definition) is 2. The average Bonchev–Trinajstić information content (AvgIpc) is 3.11. The first-order valence-corrected chi connectivity index (χ1v) is 10.9. The molecule has 3 N–H and O–H groups in total. The van der Waals surface area contributed by atoms with Gasteiger partial charge in [0.1, 0.15) is 5.82 Å². The summed E-state index contributed by atoms with van der Waals surface area (Å²) < 4.78 is 2.98. The van der Waals surface area contributed by atoms with Gasteiger partial charge in [-0.25, -0.2) is 9.97 Å². The van der Waals surface area contributed by atoms with Crippen molar-refractivity contribution in [2.75, 3.05) is 11.1 Å². The number of hydrogen-bond acceptors (Lipinski definition) is 4. The third-order valence-electron chi connectivity index (χ3n) is 5.60. The smallest absolute Gasteiger partial charge is 0.293 e. The van der Waals surface area contributed by atoms with Crippen LogP contribution >= 0.6 is 15.9 Å². The Hall–Kier alpha value is -3.71. The highest BCUT2D eigenvalue weighted by molar-refractivity contribution is 9.10. The summed E-state index contributed by atoms with van der Waals surface area (Å²) in [6.07, 6.45) is 0. The van der Waals surface area contributed by atoms with E-state index in [0.29, 0.717) is 11.3 Å². The molecule has 6 nitrogen and oxygen atoms in total. The van der Waals surface area contributed by atoms with Crippen molar-refractivity contribution >= 4 is 55.3 Å². The lowest BCUT2D eigenvalue weighted by atomic mass is 10.1. The Morgan fingerprint density at radius 2 is 1.72 bits per heavy atom. The van der Waals surface area contributed by atoms with Crippen molar-refractivity contribution in [3.8, 4) is 5.69 Å². The Morgan fingerprint density at radius 1 is 0.969 bits per heavy atom. The molecular formula is C25H20BrN5O. The molecule has 0 atom stereocenters. The fraction of sp³-hybridized carbons (Fsp3) is 0.0800. The van der Waals surface area contributed by atoms with E-state index >= 15 is 0 Å². The van der Waals surface area contributed by atoms with Crippen molar-refractivity contribution in [3.63, 3.8) is 0 Å². The SMILES string of the molecule is Cc1ccc(NC(=O)c2nc(N)c3c4ccccc4n(-c4ccc(Br)cc4)c3n2)cc1C. The van der Waals surface area contributed by atoms with E-state index in [1.165, 1.54) is 0 Å². The van der Waals surface area contributed by atoms with Crippen molar-refractivity contribution in [2.24, 2.45) is 0 Å². The topological polar surface area (TPSA) is 85.8 Å². The number of nitrogens with one attached hydrogen (secondary N) is 1. The molecule has 0 bridgehead atoms. The lowest BCUT2D eigenvalue weighted by molar-refractivity contribution is 0.101. The van der Waals surface area contributed by atoms with Crippen LogP contribution in [0.1, 0.15) is 21.7 Å². The number of rotatable bonds is 3. The molecule has 158 valence electrons. The van der Waals surface area contributed by atoms with Crippen molar-refractivity contribution in [1.29, 1.82) is 0 Å². The quantitative estimate of drug-likeness (QED) is 0.338. The summed E-state index contributed by atoms with van der Waals surface area (Å²) in [4.78, 5) is 22.0. The standard InChI is InChI=1S/C25H20BrN5O/c1-14-7-10-17(13-15(14)2)28-25(32)23-29-22(27)21-19-5-3-4-6-20(19)31(24(21)30-23)18-11-8-16(26)9-12-18/h3-13H,1-2H3,(H,28,32)(H2,27,29,30). The lowest BCUT2D eigenvalue weighted by Gasteiger charge is -2.10. The van der Waals surface area contributed by atoms with Crippen LogP contribution in [0.15, 0.2) is 71.2 Å². The second kappa shape index (κ2) is 7.76. The number of carbonyl (C=O) groups excluding carboxylic acids is 1. The molecule has 0 spiro atoms. The number of halogens is 1. The van der Waals surface area contributed by atoms with Crippen LogP contribution in [-0.4, -0.2) is 20.4 Å². The summed E-state index contributed by atoms with van der Waals surface area (Å²) in [5, 5.41) is 4.55. The lowest BCUT2D eigenvalue weighted by Crippen LogP contribution is -2.17. The molecule has 0 radical (unpaired) electrons. The van der Waals surface area contributed by atoms with Crippen molar-refractivity contribution in [1.82, 2.24) is 14.5 Å². The minimum absolute atomic E-state index is 0.0226. The molecule has 5 rings (SSSR count). The molecule has 32 heavy (non-hydrogen) atoms. The Labute approximate surface area is 193 Å². The van der Waals surface area contributed by atoms with E-state index in [-0.39, 0.29) is 11.6 Å². The summed E-state index contributed by atoms with van der Waals surface area (Å²) in [7, 11) is 0. The zero-order valence-corrected chi connectivity index (χ0v) is 19.1. The number of nitrogen functional groups attached to an aromatic ring is 1. The predicted molar refractivity (Wildman–Crippen MR) is 132 cm³/mol. The predicted octanol–water partition coefficient (Wildman–Crippen LogP) is 5.79. The van der Waals surface area contributed by atoms with Crippen LogP contribution in [0, 0.1) is 13.8 Å². The van der Waals surface area contributed by atoms with E-state index < -0.39 is 5.91 Å². The van der Waals surface area contributed by atoms with Crippen molar-refractivity contribution in [2.45, 2.75) is 13.8 Å². The Balaban J connectivity index is 1.68. The first-order chi connectivity index (χ1) is 15.4. The molecule has 1 amide bonds. The largest absolute Gasteiger partial charge is 0.383 e. The zero-order valence-electron chi connectivity index (χ0n) is 17.6. The van der Waals surface area contributed by atoms with Gasteiger partial charge < -0.3 is 11.1 Å². The number of nitrogens with two attached hydrogens (primary N) is 1. The fourth-order valence-electron chi connectivity index (χ4n) is 3.84. The Kier molecular flexibility index (Phi) is 4.90. The van der Waals surface area contributed by atoms with Gasteiger partial charge in [0.25, 0.3) is 5.91 Å². The zero-order chi connectivity index (χ0) is 22.4. The summed E-state index contributed by atoms with van der Waals surface area (Å²) in [6, 6.07) is 21.6. The number of benzene rings is 3. The summed E-state index contributed by atoms with van der Waals surface area (Å²) in [5.41, 5.74) is 11.7. The van der Waals surface area contributed by atoms with Crippen LogP contribution in [-0.2, 0) is 0 Å². The second-order valence-electron chi connectivity index (χ2n) is 7.71. The maximum absolute atomic E-state index is 13.0. The van der Waals surface area contributed by atoms with Gasteiger partial charge in [-0.15, -0.1) is 0 Å². The van der Waals surface area contributed by atoms with Gasteiger partial charge in [0.2, 0.25) is 5.82 Å². The highest BCUT2D eigenvalue weighted by Gasteiger charge is 2.20. The molecule has 0 aliphatic carbocycles. The molecule has 0 aliphatic heterocycles. The van der Waals surface area contributed by atoms with Gasteiger partial charge in [0.15, 0.2) is 5.65 Å². The highest BCUT2D eigenvalue weighted by atomic mass is 79.9. The number of aryl methyl sites for hydroxylation is 2. The number of amides is 1. The molecule has 5 aromatic rings. The van der Waals surface area contributed by atoms with Crippen LogP contribution in [0.5, 0.6) is 0 Å². The number of aromatic nitrogens is 3. The van der Waals surface area contributed by atoms with Crippen LogP contribution in [0.4, 0.5) is 11.5 Å². The molecule has 7 heteroatoms. The van der Waals surface area contributed by atoms with E-state index in [9.17, 15) is 4.79 Å². The van der Waals surface area contributed by atoms with Crippen molar-refractivity contribution in [3.05, 3.63) is 88.2 Å². The van der Waals surface area contributed by atoms with Gasteiger partial charge in [0, 0.05) is 21.2 Å². The molecular weight excluding hydrogens is 466 g/mol. The third-order valence-corrected chi connectivity index (χ3v) is 6.13. The third kappa shape index (κ3) is 3.40. The maximum atomic E-state index is 13.0. The minimum atomic E-state index is -0.408. The summed E-state index contributed by atoms with van der Waals surface area (Å²) >= 11 is 3.48. The average molecular weight is 486 g/mol. The van der Waals surface area contributed by atoms with Gasteiger partial charge in [0.05, 0.1) is 10.9 Å². The fourth-order valence-corrected chi connectivity index (χ4v) is 4.10. The van der Waals surface area contributed by atoms with Gasteiger partial charge in [-0.1, -0.05) is 40.2 Å². The normalized spacial score (nSPS) is 11.2. The van der Waals surface area contributed by atoms with Gasteiger partial charge in [-0.3, -0.25) is 9.36 Å². The number of anilines is 2.